The van der Waals surface area contributed by atoms with Gasteiger partial charge in [-0.15, -0.1) is 0 Å². The fourth-order valence-electron chi connectivity index (χ4n) is 4.86. The number of nitrogens with zero attached hydrogens (tertiary/aromatic N) is 1. The SMILES string of the molecule is CCCS(=O)(=O)NC(=O)C1(C)CCCN(C(=O)C2(c3ccc(Cl)cc3)CCCC2)C1. The van der Waals surface area contributed by atoms with E-state index < -0.39 is 26.8 Å². The molecular weight excluding hydrogens is 424 g/mol. The Morgan fingerprint density at radius 2 is 1.73 bits per heavy atom. The number of halogens is 1. The van der Waals surface area contributed by atoms with E-state index in [1.54, 1.807) is 18.7 Å². The van der Waals surface area contributed by atoms with Crippen LogP contribution in [0, 0.1) is 5.41 Å². The summed E-state index contributed by atoms with van der Waals surface area (Å²) in [5, 5.41) is 0.634. The van der Waals surface area contributed by atoms with Gasteiger partial charge in [-0.05, 0) is 56.7 Å². The quantitative estimate of drug-likeness (QED) is 0.711. The van der Waals surface area contributed by atoms with Crippen LogP contribution in [0.2, 0.25) is 5.02 Å². The predicted molar refractivity (Wildman–Crippen MR) is 118 cm³/mol. The average Bonchev–Trinajstić information content (AvgIpc) is 3.18. The molecule has 2 fully saturated rings. The number of nitrogens with one attached hydrogen (secondary N) is 1. The molecule has 1 aromatic rings. The lowest BCUT2D eigenvalue weighted by atomic mass is 9.75. The molecule has 1 aliphatic heterocycles. The number of amides is 2. The first-order valence-corrected chi connectivity index (χ1v) is 12.8. The van der Waals surface area contributed by atoms with Gasteiger partial charge in [-0.2, -0.15) is 0 Å². The molecule has 2 aliphatic rings. The zero-order valence-corrected chi connectivity index (χ0v) is 19.3. The van der Waals surface area contributed by atoms with Gasteiger partial charge in [-0.3, -0.25) is 14.3 Å². The summed E-state index contributed by atoms with van der Waals surface area (Å²) in [6, 6.07) is 7.49. The van der Waals surface area contributed by atoms with Crippen molar-refractivity contribution in [2.24, 2.45) is 5.41 Å². The lowest BCUT2D eigenvalue weighted by Crippen LogP contribution is -2.56. The van der Waals surface area contributed by atoms with Crippen LogP contribution in [0.15, 0.2) is 24.3 Å². The van der Waals surface area contributed by atoms with Crippen LogP contribution >= 0.6 is 11.6 Å². The Labute approximate surface area is 184 Å². The summed E-state index contributed by atoms with van der Waals surface area (Å²) in [6.07, 6.45) is 5.17. The number of hydrogen-bond donors (Lipinski definition) is 1. The molecule has 0 spiro atoms. The summed E-state index contributed by atoms with van der Waals surface area (Å²) < 4.78 is 26.4. The number of benzene rings is 1. The number of carbonyl (C=O) groups is 2. The van der Waals surface area contributed by atoms with E-state index in [0.717, 1.165) is 31.2 Å². The molecule has 30 heavy (non-hydrogen) atoms. The summed E-state index contributed by atoms with van der Waals surface area (Å²) >= 11 is 6.05. The third-order valence-electron chi connectivity index (χ3n) is 6.52. The van der Waals surface area contributed by atoms with Crippen LogP contribution in [0.4, 0.5) is 0 Å². The van der Waals surface area contributed by atoms with E-state index in [0.29, 0.717) is 30.8 Å². The van der Waals surface area contributed by atoms with Gasteiger partial charge < -0.3 is 4.90 Å². The van der Waals surface area contributed by atoms with Gasteiger partial charge in [0, 0.05) is 18.1 Å². The highest BCUT2D eigenvalue weighted by Crippen LogP contribution is 2.44. The molecule has 0 bridgehead atoms. The normalized spacial score (nSPS) is 23.9. The molecule has 1 heterocycles. The number of hydrogen-bond acceptors (Lipinski definition) is 4. The Hall–Kier alpha value is -1.60. The lowest BCUT2D eigenvalue weighted by molar-refractivity contribution is -0.144. The van der Waals surface area contributed by atoms with Crippen molar-refractivity contribution in [1.29, 1.82) is 0 Å². The van der Waals surface area contributed by atoms with Gasteiger partial charge in [0.15, 0.2) is 0 Å². The third kappa shape index (κ3) is 4.67. The molecule has 1 N–H and O–H groups in total. The molecule has 1 saturated heterocycles. The highest BCUT2D eigenvalue weighted by Gasteiger charge is 2.48. The molecule has 1 unspecified atom stereocenters. The minimum atomic E-state index is -3.65. The maximum Gasteiger partial charge on any atom is 0.241 e. The number of carbonyl (C=O) groups excluding carboxylic acids is 2. The van der Waals surface area contributed by atoms with Gasteiger partial charge in [0.25, 0.3) is 0 Å². The van der Waals surface area contributed by atoms with Crippen LogP contribution in [-0.4, -0.2) is 44.0 Å². The van der Waals surface area contributed by atoms with Crippen LogP contribution < -0.4 is 4.72 Å². The molecule has 1 aromatic carbocycles. The molecule has 1 atom stereocenters. The van der Waals surface area contributed by atoms with Crippen molar-refractivity contribution >= 4 is 33.4 Å². The third-order valence-corrected chi connectivity index (χ3v) is 8.21. The van der Waals surface area contributed by atoms with E-state index in [1.807, 2.05) is 24.3 Å². The van der Waals surface area contributed by atoms with Crippen molar-refractivity contribution in [2.75, 3.05) is 18.8 Å². The molecule has 1 aliphatic carbocycles. The Morgan fingerprint density at radius 1 is 1.10 bits per heavy atom. The van der Waals surface area contributed by atoms with E-state index in [-0.39, 0.29) is 18.2 Å². The molecule has 166 valence electrons. The Bertz CT molecular complexity index is 894. The lowest BCUT2D eigenvalue weighted by Gasteiger charge is -2.43. The zero-order valence-electron chi connectivity index (χ0n) is 17.7. The largest absolute Gasteiger partial charge is 0.341 e. The molecule has 8 heteroatoms. The minimum Gasteiger partial charge on any atom is -0.341 e. The van der Waals surface area contributed by atoms with Crippen molar-refractivity contribution in [3.8, 4) is 0 Å². The maximum absolute atomic E-state index is 13.7. The van der Waals surface area contributed by atoms with E-state index >= 15 is 0 Å². The van der Waals surface area contributed by atoms with Gasteiger partial charge in [0.2, 0.25) is 21.8 Å². The fraction of sp³-hybridized carbons (Fsp3) is 0.636. The van der Waals surface area contributed by atoms with Crippen molar-refractivity contribution in [3.05, 3.63) is 34.9 Å². The number of sulfonamides is 1. The monoisotopic (exact) mass is 454 g/mol. The topological polar surface area (TPSA) is 83.6 Å². The van der Waals surface area contributed by atoms with E-state index in [9.17, 15) is 18.0 Å². The minimum absolute atomic E-state index is 0.0393. The average molecular weight is 455 g/mol. The molecule has 3 rings (SSSR count). The molecule has 6 nitrogen and oxygen atoms in total. The number of rotatable bonds is 6. The second-order valence-electron chi connectivity index (χ2n) is 8.94. The molecule has 0 radical (unpaired) electrons. The van der Waals surface area contributed by atoms with Crippen molar-refractivity contribution in [3.63, 3.8) is 0 Å². The fourth-order valence-corrected chi connectivity index (χ4v) is 6.15. The number of piperidine rings is 1. The molecular formula is C22H31ClN2O4S. The maximum atomic E-state index is 13.7. The molecule has 2 amide bonds. The van der Waals surface area contributed by atoms with Gasteiger partial charge in [-0.1, -0.05) is 43.5 Å². The molecule has 0 aromatic heterocycles. The first-order valence-electron chi connectivity index (χ1n) is 10.7. The second-order valence-corrected chi connectivity index (χ2v) is 11.2. The predicted octanol–water partition coefficient (Wildman–Crippen LogP) is 3.64. The zero-order chi connectivity index (χ0) is 22.0. The second kappa shape index (κ2) is 8.87. The van der Waals surface area contributed by atoms with Crippen LogP contribution in [0.5, 0.6) is 0 Å². The van der Waals surface area contributed by atoms with Crippen LogP contribution in [0.1, 0.15) is 64.4 Å². The van der Waals surface area contributed by atoms with Crippen LogP contribution in [0.3, 0.4) is 0 Å². The van der Waals surface area contributed by atoms with Crippen LogP contribution in [-0.2, 0) is 25.0 Å². The summed E-state index contributed by atoms with van der Waals surface area (Å²) in [4.78, 5) is 28.4. The van der Waals surface area contributed by atoms with Crippen molar-refractivity contribution in [2.45, 2.75) is 64.2 Å². The first-order chi connectivity index (χ1) is 14.1. The van der Waals surface area contributed by atoms with Gasteiger partial charge in [-0.25, -0.2) is 8.42 Å². The smallest absolute Gasteiger partial charge is 0.241 e. The van der Waals surface area contributed by atoms with Gasteiger partial charge >= 0.3 is 0 Å². The van der Waals surface area contributed by atoms with Crippen LogP contribution in [0.25, 0.3) is 0 Å². The standard InChI is InChI=1S/C22H31ClN2O4S/c1-3-15-30(28,29)24-19(26)21(2)11-6-14-25(16-21)20(27)22(12-4-5-13-22)17-7-9-18(23)10-8-17/h7-10H,3-6,11-16H2,1-2H3,(H,24,26). The van der Waals surface area contributed by atoms with Gasteiger partial charge in [0.05, 0.1) is 16.6 Å². The van der Waals surface area contributed by atoms with E-state index in [1.165, 1.54) is 0 Å². The van der Waals surface area contributed by atoms with Crippen molar-refractivity contribution in [1.82, 2.24) is 9.62 Å². The van der Waals surface area contributed by atoms with E-state index in [4.69, 9.17) is 11.6 Å². The summed E-state index contributed by atoms with van der Waals surface area (Å²) in [5.74, 6) is -0.560. The van der Waals surface area contributed by atoms with Gasteiger partial charge in [0.1, 0.15) is 0 Å². The Balaban J connectivity index is 1.82. The number of likely N-dealkylation sites (tertiary alicyclic amines) is 1. The highest BCUT2D eigenvalue weighted by molar-refractivity contribution is 7.90. The first kappa shape index (κ1) is 23.1. The summed E-state index contributed by atoms with van der Waals surface area (Å²) in [7, 11) is -3.65. The van der Waals surface area contributed by atoms with Crippen molar-refractivity contribution < 1.29 is 18.0 Å². The Kier molecular flexibility index (Phi) is 6.82. The summed E-state index contributed by atoms with van der Waals surface area (Å²) in [5.41, 5.74) is -0.543. The highest BCUT2D eigenvalue weighted by atomic mass is 35.5. The van der Waals surface area contributed by atoms with E-state index in [2.05, 4.69) is 4.72 Å². The Morgan fingerprint density at radius 3 is 2.33 bits per heavy atom. The summed E-state index contributed by atoms with van der Waals surface area (Å²) in [6.45, 7) is 4.32. The molecule has 1 saturated carbocycles.